The maximum absolute atomic E-state index is 12.4. The first kappa shape index (κ1) is 12.3. The van der Waals surface area contributed by atoms with Gasteiger partial charge in [0, 0.05) is 18.8 Å². The molecule has 0 saturated heterocycles. The molecule has 5 heteroatoms. The first-order chi connectivity index (χ1) is 9.74. The Labute approximate surface area is 116 Å². The number of rotatable bonds is 3. The summed E-state index contributed by atoms with van der Waals surface area (Å²) < 4.78 is 0. The number of aromatic nitrogens is 3. The van der Waals surface area contributed by atoms with Crippen molar-refractivity contribution in [2.45, 2.75) is 6.54 Å². The molecular weight excluding hydrogens is 252 g/mol. The molecule has 0 aliphatic heterocycles. The minimum absolute atomic E-state index is 0.0350. The molecule has 0 spiro atoms. The topological polar surface area (TPSA) is 61.9 Å². The highest BCUT2D eigenvalue weighted by Gasteiger charge is 2.13. The molecule has 0 bridgehead atoms. The van der Waals surface area contributed by atoms with Crippen molar-refractivity contribution >= 4 is 16.9 Å². The molecule has 1 amide bonds. The lowest BCUT2D eigenvalue weighted by Gasteiger charge is -2.16. The van der Waals surface area contributed by atoms with Gasteiger partial charge in [0.1, 0.15) is 0 Å². The number of H-pyrrole nitrogens is 1. The fourth-order valence-electron chi connectivity index (χ4n) is 2.10. The minimum Gasteiger partial charge on any atom is -0.345 e. The van der Waals surface area contributed by atoms with Crippen LogP contribution in [0.4, 0.5) is 0 Å². The van der Waals surface area contributed by atoms with Gasteiger partial charge in [-0.15, -0.1) is 0 Å². The second-order valence-electron chi connectivity index (χ2n) is 4.62. The van der Waals surface area contributed by atoms with E-state index < -0.39 is 0 Å². The number of hydrogen-bond donors (Lipinski definition) is 1. The van der Waals surface area contributed by atoms with Gasteiger partial charge >= 0.3 is 0 Å². The quantitative estimate of drug-likeness (QED) is 0.790. The van der Waals surface area contributed by atoms with Gasteiger partial charge in [-0.2, -0.15) is 0 Å². The molecule has 5 nitrogen and oxygen atoms in total. The van der Waals surface area contributed by atoms with Crippen LogP contribution in [0.2, 0.25) is 0 Å². The molecule has 1 N–H and O–H groups in total. The lowest BCUT2D eigenvalue weighted by Crippen LogP contribution is -2.26. The maximum Gasteiger partial charge on any atom is 0.254 e. The van der Waals surface area contributed by atoms with E-state index in [9.17, 15) is 4.79 Å². The zero-order valence-corrected chi connectivity index (χ0v) is 11.1. The Morgan fingerprint density at radius 3 is 2.95 bits per heavy atom. The van der Waals surface area contributed by atoms with Gasteiger partial charge < -0.3 is 9.88 Å². The van der Waals surface area contributed by atoms with E-state index in [0.29, 0.717) is 12.1 Å². The van der Waals surface area contributed by atoms with Crippen LogP contribution in [-0.4, -0.2) is 32.8 Å². The number of amides is 1. The zero-order valence-electron chi connectivity index (χ0n) is 11.1. The lowest BCUT2D eigenvalue weighted by molar-refractivity contribution is 0.0783. The van der Waals surface area contributed by atoms with Crippen molar-refractivity contribution in [3.05, 3.63) is 60.2 Å². The molecule has 0 fully saturated rings. The number of hydrogen-bond acceptors (Lipinski definition) is 3. The predicted molar refractivity (Wildman–Crippen MR) is 76.1 cm³/mol. The Morgan fingerprint density at radius 1 is 1.25 bits per heavy atom. The molecule has 1 aromatic carbocycles. The van der Waals surface area contributed by atoms with Gasteiger partial charge in [0.2, 0.25) is 0 Å². The van der Waals surface area contributed by atoms with Gasteiger partial charge in [-0.3, -0.25) is 9.78 Å². The second-order valence-corrected chi connectivity index (χ2v) is 4.62. The van der Waals surface area contributed by atoms with E-state index >= 15 is 0 Å². The third-order valence-electron chi connectivity index (χ3n) is 3.14. The SMILES string of the molecule is CN(Cc1ccccn1)C(=O)c1ccc2nc[nH]c2c1. The van der Waals surface area contributed by atoms with Crippen LogP contribution in [0.15, 0.2) is 48.9 Å². The highest BCUT2D eigenvalue weighted by Crippen LogP contribution is 2.13. The van der Waals surface area contributed by atoms with E-state index in [1.807, 2.05) is 30.3 Å². The number of nitrogens with one attached hydrogen (secondary N) is 1. The standard InChI is InChI=1S/C15H14N4O/c1-19(9-12-4-2-3-7-16-12)15(20)11-5-6-13-14(8-11)18-10-17-13/h2-8,10H,9H2,1H3,(H,17,18). The molecule has 0 unspecified atom stereocenters. The molecule has 0 aliphatic rings. The fourth-order valence-corrected chi connectivity index (χ4v) is 2.10. The Morgan fingerprint density at radius 2 is 2.15 bits per heavy atom. The lowest BCUT2D eigenvalue weighted by atomic mass is 10.1. The van der Waals surface area contributed by atoms with Gasteiger partial charge in [0.15, 0.2) is 0 Å². The molecule has 0 atom stereocenters. The largest absolute Gasteiger partial charge is 0.345 e. The summed E-state index contributed by atoms with van der Waals surface area (Å²) >= 11 is 0. The van der Waals surface area contributed by atoms with E-state index in [1.165, 1.54) is 0 Å². The van der Waals surface area contributed by atoms with Gasteiger partial charge in [0.05, 0.1) is 29.6 Å². The van der Waals surface area contributed by atoms with Gasteiger partial charge in [-0.05, 0) is 30.3 Å². The summed E-state index contributed by atoms with van der Waals surface area (Å²) in [6.45, 7) is 0.487. The van der Waals surface area contributed by atoms with Crippen LogP contribution in [0.1, 0.15) is 16.1 Å². The van der Waals surface area contributed by atoms with Crippen molar-refractivity contribution in [3.63, 3.8) is 0 Å². The third kappa shape index (κ3) is 2.38. The summed E-state index contributed by atoms with van der Waals surface area (Å²) in [5.74, 6) is -0.0350. The van der Waals surface area contributed by atoms with E-state index in [1.54, 1.807) is 30.5 Å². The van der Waals surface area contributed by atoms with E-state index in [0.717, 1.165) is 16.7 Å². The molecule has 0 radical (unpaired) electrons. The molecule has 20 heavy (non-hydrogen) atoms. The first-order valence-electron chi connectivity index (χ1n) is 6.32. The molecule has 2 heterocycles. The second kappa shape index (κ2) is 5.13. The molecule has 2 aromatic heterocycles. The van der Waals surface area contributed by atoms with Crippen molar-refractivity contribution in [3.8, 4) is 0 Å². The van der Waals surface area contributed by atoms with Gasteiger partial charge in [0.25, 0.3) is 5.91 Å². The summed E-state index contributed by atoms with van der Waals surface area (Å²) in [5.41, 5.74) is 3.22. The van der Waals surface area contributed by atoms with E-state index in [2.05, 4.69) is 15.0 Å². The van der Waals surface area contributed by atoms with E-state index in [4.69, 9.17) is 0 Å². The Kier molecular flexibility index (Phi) is 3.16. The van der Waals surface area contributed by atoms with Gasteiger partial charge in [-0.25, -0.2) is 4.98 Å². The van der Waals surface area contributed by atoms with Crippen LogP contribution in [0.25, 0.3) is 11.0 Å². The molecule has 3 rings (SSSR count). The summed E-state index contributed by atoms with van der Waals surface area (Å²) in [6.07, 6.45) is 3.35. The molecular formula is C15H14N4O. The summed E-state index contributed by atoms with van der Waals surface area (Å²) in [6, 6.07) is 11.1. The Balaban J connectivity index is 1.80. The van der Waals surface area contributed by atoms with Crippen molar-refractivity contribution in [1.82, 2.24) is 19.9 Å². The molecule has 3 aromatic rings. The number of imidazole rings is 1. The third-order valence-corrected chi connectivity index (χ3v) is 3.14. The highest BCUT2D eigenvalue weighted by atomic mass is 16.2. The monoisotopic (exact) mass is 266 g/mol. The molecule has 0 aliphatic carbocycles. The normalized spacial score (nSPS) is 10.7. The zero-order chi connectivity index (χ0) is 13.9. The molecule has 100 valence electrons. The summed E-state index contributed by atoms with van der Waals surface area (Å²) in [4.78, 5) is 25.4. The van der Waals surface area contributed by atoms with Crippen LogP contribution in [-0.2, 0) is 6.54 Å². The van der Waals surface area contributed by atoms with E-state index in [-0.39, 0.29) is 5.91 Å². The van der Waals surface area contributed by atoms with Crippen molar-refractivity contribution in [1.29, 1.82) is 0 Å². The van der Waals surface area contributed by atoms with Crippen LogP contribution >= 0.6 is 0 Å². The Hall–Kier alpha value is -2.69. The predicted octanol–water partition coefficient (Wildman–Crippen LogP) is 2.23. The highest BCUT2D eigenvalue weighted by molar-refractivity contribution is 5.97. The van der Waals surface area contributed by atoms with Crippen LogP contribution in [0.3, 0.4) is 0 Å². The number of pyridine rings is 1. The number of aromatic amines is 1. The van der Waals surface area contributed by atoms with Crippen molar-refractivity contribution in [2.75, 3.05) is 7.05 Å². The summed E-state index contributed by atoms with van der Waals surface area (Å²) in [7, 11) is 1.77. The summed E-state index contributed by atoms with van der Waals surface area (Å²) in [5, 5.41) is 0. The smallest absolute Gasteiger partial charge is 0.254 e. The Bertz CT molecular complexity index is 736. The number of fused-ring (bicyclic) bond motifs is 1. The van der Waals surface area contributed by atoms with Crippen LogP contribution in [0.5, 0.6) is 0 Å². The fraction of sp³-hybridized carbons (Fsp3) is 0.133. The maximum atomic E-state index is 12.4. The number of benzene rings is 1. The number of carbonyl (C=O) groups is 1. The van der Waals surface area contributed by atoms with Crippen molar-refractivity contribution < 1.29 is 4.79 Å². The minimum atomic E-state index is -0.0350. The van der Waals surface area contributed by atoms with Crippen LogP contribution < -0.4 is 0 Å². The first-order valence-corrected chi connectivity index (χ1v) is 6.32. The average Bonchev–Trinajstić information content (AvgIpc) is 2.94. The molecule has 0 saturated carbocycles. The average molecular weight is 266 g/mol. The number of carbonyl (C=O) groups excluding carboxylic acids is 1. The number of nitrogens with zero attached hydrogens (tertiary/aromatic N) is 3. The van der Waals surface area contributed by atoms with Crippen molar-refractivity contribution in [2.24, 2.45) is 0 Å². The van der Waals surface area contributed by atoms with Crippen LogP contribution in [0, 0.1) is 0 Å². The van der Waals surface area contributed by atoms with Gasteiger partial charge in [-0.1, -0.05) is 6.07 Å².